The van der Waals surface area contributed by atoms with Gasteiger partial charge in [-0.25, -0.2) is 0 Å². The van der Waals surface area contributed by atoms with Gasteiger partial charge in [0.2, 0.25) is 0 Å². The summed E-state index contributed by atoms with van der Waals surface area (Å²) in [4.78, 5) is 3.77. The number of hydrogen-bond donors (Lipinski definition) is 0. The third-order valence-corrected chi connectivity index (χ3v) is 7.09. The molecule has 0 aliphatic heterocycles. The zero-order valence-corrected chi connectivity index (χ0v) is 17.6. The summed E-state index contributed by atoms with van der Waals surface area (Å²) in [5, 5.41) is -1.96. The molecule has 14 heteroatoms. The molecule has 0 N–H and O–H groups in total. The fourth-order valence-electron chi connectivity index (χ4n) is 3.13. The molecule has 0 saturated carbocycles. The smallest absolute Gasteiger partial charge is 0.256 e. The molecule has 1 nitrogen and oxygen atoms in total. The van der Waals surface area contributed by atoms with E-state index in [1.807, 2.05) is 0 Å². The summed E-state index contributed by atoms with van der Waals surface area (Å²) < 4.78 is 161. The van der Waals surface area contributed by atoms with E-state index >= 15 is 0 Å². The molecule has 0 atom stereocenters. The van der Waals surface area contributed by atoms with Crippen LogP contribution in [0.4, 0.5) is 52.7 Å². The van der Waals surface area contributed by atoms with E-state index in [2.05, 4.69) is 4.98 Å². The van der Waals surface area contributed by atoms with Crippen LogP contribution in [0.3, 0.4) is 0 Å². The van der Waals surface area contributed by atoms with Crippen molar-refractivity contribution < 1.29 is 52.7 Å². The van der Waals surface area contributed by atoms with Gasteiger partial charge in [-0.1, -0.05) is 18.2 Å². The summed E-state index contributed by atoms with van der Waals surface area (Å²) in [6.07, 6.45) is -20.2. The van der Waals surface area contributed by atoms with Crippen LogP contribution in [0, 0.1) is 0 Å². The Hall–Kier alpha value is -2.82. The van der Waals surface area contributed by atoms with Crippen molar-refractivity contribution in [2.75, 3.05) is 0 Å². The Labute approximate surface area is 190 Å². The van der Waals surface area contributed by atoms with Crippen LogP contribution < -0.4 is 16.0 Å². The van der Waals surface area contributed by atoms with E-state index in [1.54, 1.807) is 0 Å². The largest absolute Gasteiger partial charge is 0.417 e. The first kappa shape index (κ1) is 26.8. The minimum Gasteiger partial charge on any atom is -0.256 e. The molecule has 2 aromatic carbocycles. The summed E-state index contributed by atoms with van der Waals surface area (Å²) in [5.74, 6) is 0. The quantitative estimate of drug-likeness (QED) is 0.262. The zero-order chi connectivity index (χ0) is 26.4. The second-order valence-corrected chi connectivity index (χ2v) is 9.07. The average Bonchev–Trinajstić information content (AvgIpc) is 2.72. The minimum atomic E-state index is -5.43. The van der Waals surface area contributed by atoms with Crippen LogP contribution in [0.5, 0.6) is 0 Å². The van der Waals surface area contributed by atoms with Crippen LogP contribution in [0.15, 0.2) is 60.8 Å². The maximum absolute atomic E-state index is 13.8. The maximum Gasteiger partial charge on any atom is 0.417 e. The van der Waals surface area contributed by atoms with Crippen molar-refractivity contribution in [3.63, 3.8) is 0 Å². The lowest BCUT2D eigenvalue weighted by Gasteiger charge is -2.26. The van der Waals surface area contributed by atoms with Crippen molar-refractivity contribution in [3.05, 3.63) is 83.0 Å². The van der Waals surface area contributed by atoms with Crippen molar-refractivity contribution in [3.8, 4) is 0 Å². The number of benzene rings is 2. The Bertz CT molecular complexity index is 1120. The first-order valence-corrected chi connectivity index (χ1v) is 10.5. The molecule has 0 unspecified atom stereocenters. The molecule has 0 spiro atoms. The van der Waals surface area contributed by atoms with Gasteiger partial charge in [0, 0.05) is 14.1 Å². The van der Waals surface area contributed by atoms with Crippen molar-refractivity contribution in [2.24, 2.45) is 0 Å². The summed E-state index contributed by atoms with van der Waals surface area (Å²) in [6.45, 7) is 0. The molecule has 188 valence electrons. The molecule has 1 heterocycles. The van der Waals surface area contributed by atoms with E-state index in [1.165, 1.54) is 12.1 Å². The molecule has 0 saturated heterocycles. The Kier molecular flexibility index (Phi) is 6.88. The molecule has 3 aromatic rings. The standard InChI is InChI=1S/C21H10F12NP/c22-18(23,24)11-4-6-15(13(9-11)20(28,29)30)35(17-3-1-2-8-34-17)16-7-5-12(19(25,26)27)10-14(16)21(31,32)33/h1-10H. The van der Waals surface area contributed by atoms with Crippen LogP contribution in [-0.4, -0.2) is 4.98 Å². The van der Waals surface area contributed by atoms with Gasteiger partial charge in [0.15, 0.2) is 0 Å². The maximum atomic E-state index is 13.8. The highest BCUT2D eigenvalue weighted by atomic mass is 31.1. The number of nitrogens with zero attached hydrogens (tertiary/aromatic N) is 1. The number of rotatable bonds is 3. The number of halogens is 12. The van der Waals surface area contributed by atoms with Gasteiger partial charge < -0.3 is 0 Å². The van der Waals surface area contributed by atoms with Crippen LogP contribution in [0.2, 0.25) is 0 Å². The fraction of sp³-hybridized carbons (Fsp3) is 0.190. The fourth-order valence-corrected chi connectivity index (χ4v) is 5.61. The highest BCUT2D eigenvalue weighted by molar-refractivity contribution is 7.79. The van der Waals surface area contributed by atoms with Gasteiger partial charge in [0.25, 0.3) is 0 Å². The molecule has 0 fully saturated rings. The molecule has 0 bridgehead atoms. The molecular formula is C21H10F12NP. The lowest BCUT2D eigenvalue weighted by molar-refractivity contribution is -0.144. The molecule has 35 heavy (non-hydrogen) atoms. The van der Waals surface area contributed by atoms with Crippen LogP contribution >= 0.6 is 7.92 Å². The molecule has 0 aliphatic rings. The monoisotopic (exact) mass is 535 g/mol. The molecule has 1 aromatic heterocycles. The van der Waals surface area contributed by atoms with Gasteiger partial charge in [0.1, 0.15) is 0 Å². The molecule has 0 aliphatic carbocycles. The van der Waals surface area contributed by atoms with E-state index in [0.29, 0.717) is 12.1 Å². The number of aromatic nitrogens is 1. The third kappa shape index (κ3) is 5.88. The lowest BCUT2D eigenvalue weighted by Crippen LogP contribution is -2.32. The second kappa shape index (κ2) is 9.00. The number of hydrogen-bond acceptors (Lipinski definition) is 1. The highest BCUT2D eigenvalue weighted by Crippen LogP contribution is 2.45. The van der Waals surface area contributed by atoms with Gasteiger partial charge in [-0.15, -0.1) is 0 Å². The molecule has 0 amide bonds. The van der Waals surface area contributed by atoms with E-state index < -0.39 is 70.9 Å². The van der Waals surface area contributed by atoms with Gasteiger partial charge >= 0.3 is 24.7 Å². The predicted molar refractivity (Wildman–Crippen MR) is 103 cm³/mol. The zero-order valence-electron chi connectivity index (χ0n) is 16.7. The first-order chi connectivity index (χ1) is 15.9. The van der Waals surface area contributed by atoms with Crippen LogP contribution in [-0.2, 0) is 24.7 Å². The Balaban J connectivity index is 2.41. The van der Waals surface area contributed by atoms with E-state index in [-0.39, 0.29) is 24.3 Å². The van der Waals surface area contributed by atoms with Gasteiger partial charge in [-0.3, -0.25) is 4.98 Å². The second-order valence-electron chi connectivity index (χ2n) is 6.98. The summed E-state index contributed by atoms with van der Waals surface area (Å²) in [6, 6.07) is 4.34. The number of alkyl halides is 12. The SMILES string of the molecule is FC(F)(F)c1ccc(P(c2ccccn2)c2ccc(C(F)(F)F)cc2C(F)(F)F)c(C(F)(F)F)c1. The first-order valence-electron chi connectivity index (χ1n) is 9.19. The Morgan fingerprint density at radius 2 is 0.943 bits per heavy atom. The van der Waals surface area contributed by atoms with Gasteiger partial charge in [-0.05, 0) is 47.0 Å². The van der Waals surface area contributed by atoms with Crippen molar-refractivity contribution in [2.45, 2.75) is 24.7 Å². The third-order valence-electron chi connectivity index (χ3n) is 4.62. The highest BCUT2D eigenvalue weighted by Gasteiger charge is 2.44. The van der Waals surface area contributed by atoms with Crippen LogP contribution in [0.1, 0.15) is 22.3 Å². The average molecular weight is 535 g/mol. The summed E-state index contributed by atoms with van der Waals surface area (Å²) >= 11 is 0. The van der Waals surface area contributed by atoms with Crippen molar-refractivity contribution in [1.29, 1.82) is 0 Å². The Morgan fingerprint density at radius 3 is 1.26 bits per heavy atom. The van der Waals surface area contributed by atoms with Crippen LogP contribution in [0.25, 0.3) is 0 Å². The van der Waals surface area contributed by atoms with E-state index in [4.69, 9.17) is 0 Å². The van der Waals surface area contributed by atoms with Crippen molar-refractivity contribution in [1.82, 2.24) is 4.98 Å². The van der Waals surface area contributed by atoms with Gasteiger partial charge in [-0.2, -0.15) is 52.7 Å². The topological polar surface area (TPSA) is 12.9 Å². The Morgan fingerprint density at radius 1 is 0.514 bits per heavy atom. The van der Waals surface area contributed by atoms with E-state index in [0.717, 1.165) is 12.3 Å². The molecule has 0 radical (unpaired) electrons. The van der Waals surface area contributed by atoms with Crippen molar-refractivity contribution >= 4 is 24.0 Å². The van der Waals surface area contributed by atoms with Gasteiger partial charge in [0.05, 0.1) is 27.7 Å². The van der Waals surface area contributed by atoms with E-state index in [9.17, 15) is 52.7 Å². The summed E-state index contributed by atoms with van der Waals surface area (Å²) in [5.41, 5.74) is -7.55. The number of pyridine rings is 1. The molecule has 3 rings (SSSR count). The molecular weight excluding hydrogens is 525 g/mol. The lowest BCUT2D eigenvalue weighted by atomic mass is 10.1. The summed E-state index contributed by atoms with van der Waals surface area (Å²) in [7, 11) is -3.00. The minimum absolute atomic E-state index is 0.245. The normalized spacial score (nSPS) is 13.4. The predicted octanol–water partition coefficient (Wildman–Crippen LogP) is 6.92.